The lowest BCUT2D eigenvalue weighted by Crippen LogP contribution is -1.84. The van der Waals surface area contributed by atoms with E-state index in [0.717, 1.165) is 4.47 Å². The summed E-state index contributed by atoms with van der Waals surface area (Å²) in [5.74, 6) is -0.305. The quantitative estimate of drug-likeness (QED) is 0.700. The van der Waals surface area contributed by atoms with Gasteiger partial charge in [-0.15, -0.1) is 0 Å². The number of hydrogen-bond donors (Lipinski definition) is 0. The first kappa shape index (κ1) is 9.17. The average Bonchev–Trinajstić information content (AvgIpc) is 2.19. The summed E-state index contributed by atoms with van der Waals surface area (Å²) in [5.41, 5.74) is 0.494. The Bertz CT molecular complexity index is 543. The molecule has 0 aliphatic rings. The molecule has 2 aromatic carbocycles. The Morgan fingerprint density at radius 2 is 1.93 bits per heavy atom. The molecule has 68 valence electrons. The van der Waals surface area contributed by atoms with Crippen molar-refractivity contribution < 1.29 is 4.39 Å². The van der Waals surface area contributed by atoms with Gasteiger partial charge in [0.2, 0.25) is 0 Å². The molecule has 0 aliphatic carbocycles. The molecule has 0 amide bonds. The van der Waals surface area contributed by atoms with Gasteiger partial charge in [0, 0.05) is 15.2 Å². The van der Waals surface area contributed by atoms with Gasteiger partial charge in [-0.3, -0.25) is 0 Å². The SMILES string of the molecule is N#Cc1ccc(F)c2cc(Br)ccc12. The summed E-state index contributed by atoms with van der Waals surface area (Å²) in [4.78, 5) is 0. The highest BCUT2D eigenvalue weighted by Crippen LogP contribution is 2.24. The fourth-order valence-corrected chi connectivity index (χ4v) is 1.74. The highest BCUT2D eigenvalue weighted by molar-refractivity contribution is 9.10. The van der Waals surface area contributed by atoms with E-state index in [0.29, 0.717) is 16.3 Å². The van der Waals surface area contributed by atoms with Crippen LogP contribution in [-0.4, -0.2) is 0 Å². The number of nitriles is 1. The summed E-state index contributed by atoms with van der Waals surface area (Å²) in [6.07, 6.45) is 0. The van der Waals surface area contributed by atoms with Crippen molar-refractivity contribution in [2.45, 2.75) is 0 Å². The van der Waals surface area contributed by atoms with Crippen molar-refractivity contribution in [2.24, 2.45) is 0 Å². The third kappa shape index (κ3) is 1.38. The number of halogens is 2. The molecule has 0 radical (unpaired) electrons. The molecule has 0 N–H and O–H groups in total. The van der Waals surface area contributed by atoms with Crippen LogP contribution < -0.4 is 0 Å². The minimum atomic E-state index is -0.305. The topological polar surface area (TPSA) is 23.8 Å². The number of benzene rings is 2. The van der Waals surface area contributed by atoms with Gasteiger partial charge >= 0.3 is 0 Å². The summed E-state index contributed by atoms with van der Waals surface area (Å²) in [6, 6.07) is 10.0. The molecule has 14 heavy (non-hydrogen) atoms. The normalized spacial score (nSPS) is 10.1. The van der Waals surface area contributed by atoms with E-state index in [1.54, 1.807) is 18.2 Å². The summed E-state index contributed by atoms with van der Waals surface area (Å²) >= 11 is 3.26. The largest absolute Gasteiger partial charge is 0.206 e. The van der Waals surface area contributed by atoms with Gasteiger partial charge in [-0.1, -0.05) is 22.0 Å². The zero-order valence-corrected chi connectivity index (χ0v) is 8.68. The zero-order valence-electron chi connectivity index (χ0n) is 7.09. The maximum atomic E-state index is 13.4. The minimum absolute atomic E-state index is 0.305. The Morgan fingerprint density at radius 1 is 1.14 bits per heavy atom. The fraction of sp³-hybridized carbons (Fsp3) is 0. The molecule has 3 heteroatoms. The molecule has 0 unspecified atom stereocenters. The third-order valence-corrected chi connectivity index (χ3v) is 2.54. The van der Waals surface area contributed by atoms with Crippen molar-refractivity contribution >= 4 is 26.7 Å². The van der Waals surface area contributed by atoms with E-state index in [2.05, 4.69) is 15.9 Å². The second-order valence-electron chi connectivity index (χ2n) is 2.90. The molecule has 0 saturated heterocycles. The van der Waals surface area contributed by atoms with Gasteiger partial charge in [0.25, 0.3) is 0 Å². The lowest BCUT2D eigenvalue weighted by Gasteiger charge is -2.01. The summed E-state index contributed by atoms with van der Waals surface area (Å²) in [5, 5.41) is 9.93. The van der Waals surface area contributed by atoms with Crippen LogP contribution in [0.1, 0.15) is 5.56 Å². The number of fused-ring (bicyclic) bond motifs is 1. The van der Waals surface area contributed by atoms with Gasteiger partial charge in [-0.05, 0) is 24.3 Å². The van der Waals surface area contributed by atoms with Crippen LogP contribution in [0.25, 0.3) is 10.8 Å². The van der Waals surface area contributed by atoms with Crippen LogP contribution in [0.15, 0.2) is 34.8 Å². The van der Waals surface area contributed by atoms with Crippen LogP contribution in [0.2, 0.25) is 0 Å². The van der Waals surface area contributed by atoms with E-state index in [9.17, 15) is 4.39 Å². The van der Waals surface area contributed by atoms with E-state index >= 15 is 0 Å². The molecule has 0 spiro atoms. The van der Waals surface area contributed by atoms with Gasteiger partial charge in [-0.2, -0.15) is 5.26 Å². The molecule has 2 rings (SSSR count). The summed E-state index contributed by atoms with van der Waals surface area (Å²) < 4.78 is 14.2. The maximum absolute atomic E-state index is 13.4. The molecule has 0 bridgehead atoms. The first-order chi connectivity index (χ1) is 6.72. The van der Waals surface area contributed by atoms with E-state index in [1.807, 2.05) is 6.07 Å². The summed E-state index contributed by atoms with van der Waals surface area (Å²) in [7, 11) is 0. The highest BCUT2D eigenvalue weighted by atomic mass is 79.9. The molecule has 1 nitrogen and oxygen atoms in total. The number of rotatable bonds is 0. The lowest BCUT2D eigenvalue weighted by molar-refractivity contribution is 0.639. The second-order valence-corrected chi connectivity index (χ2v) is 3.81. The van der Waals surface area contributed by atoms with Crippen LogP contribution in [0.5, 0.6) is 0 Å². The predicted octanol–water partition coefficient (Wildman–Crippen LogP) is 3.61. The van der Waals surface area contributed by atoms with Crippen LogP contribution in [0.3, 0.4) is 0 Å². The molecule has 0 atom stereocenters. The van der Waals surface area contributed by atoms with Gasteiger partial charge in [0.1, 0.15) is 5.82 Å². The number of hydrogen-bond acceptors (Lipinski definition) is 1. The molecule has 2 aromatic rings. The van der Waals surface area contributed by atoms with E-state index in [-0.39, 0.29) is 5.82 Å². The Kier molecular flexibility index (Phi) is 2.22. The standard InChI is InChI=1S/C11H5BrFN/c12-8-2-3-9-7(6-14)1-4-11(13)10(9)5-8/h1-5H. The van der Waals surface area contributed by atoms with Crippen molar-refractivity contribution in [3.05, 3.63) is 46.2 Å². The fourth-order valence-electron chi connectivity index (χ4n) is 1.38. The number of nitrogens with zero attached hydrogens (tertiary/aromatic N) is 1. The summed E-state index contributed by atoms with van der Waals surface area (Å²) in [6.45, 7) is 0. The predicted molar refractivity (Wildman–Crippen MR) is 56.3 cm³/mol. The zero-order chi connectivity index (χ0) is 10.1. The molecule has 0 saturated carbocycles. The first-order valence-corrected chi connectivity index (χ1v) is 4.79. The molecule has 0 heterocycles. The van der Waals surface area contributed by atoms with Crippen LogP contribution in [0.4, 0.5) is 4.39 Å². The Balaban J connectivity index is 2.93. The highest BCUT2D eigenvalue weighted by Gasteiger charge is 2.05. The van der Waals surface area contributed by atoms with Gasteiger partial charge < -0.3 is 0 Å². The van der Waals surface area contributed by atoms with Crippen molar-refractivity contribution in [1.82, 2.24) is 0 Å². The second kappa shape index (κ2) is 3.39. The minimum Gasteiger partial charge on any atom is -0.206 e. The lowest BCUT2D eigenvalue weighted by atomic mass is 10.1. The van der Waals surface area contributed by atoms with Crippen LogP contribution in [0, 0.1) is 17.1 Å². The molecular formula is C11H5BrFN. The van der Waals surface area contributed by atoms with E-state index < -0.39 is 0 Å². The molecule has 0 aliphatic heterocycles. The average molecular weight is 250 g/mol. The van der Waals surface area contributed by atoms with Crippen molar-refractivity contribution in [3.8, 4) is 6.07 Å². The van der Waals surface area contributed by atoms with Crippen molar-refractivity contribution in [2.75, 3.05) is 0 Å². The molecule has 0 aromatic heterocycles. The van der Waals surface area contributed by atoms with Crippen molar-refractivity contribution in [3.63, 3.8) is 0 Å². The maximum Gasteiger partial charge on any atom is 0.131 e. The Labute approximate surface area is 88.9 Å². The van der Waals surface area contributed by atoms with Gasteiger partial charge in [0.05, 0.1) is 11.6 Å². The van der Waals surface area contributed by atoms with Gasteiger partial charge in [-0.25, -0.2) is 4.39 Å². The Hall–Kier alpha value is -1.40. The van der Waals surface area contributed by atoms with Crippen LogP contribution >= 0.6 is 15.9 Å². The molecule has 0 fully saturated rings. The Morgan fingerprint density at radius 3 is 2.64 bits per heavy atom. The van der Waals surface area contributed by atoms with Crippen molar-refractivity contribution in [1.29, 1.82) is 5.26 Å². The first-order valence-electron chi connectivity index (χ1n) is 4.00. The van der Waals surface area contributed by atoms with E-state index in [4.69, 9.17) is 5.26 Å². The smallest absolute Gasteiger partial charge is 0.131 e. The third-order valence-electron chi connectivity index (χ3n) is 2.05. The molecular weight excluding hydrogens is 245 g/mol. The monoisotopic (exact) mass is 249 g/mol. The van der Waals surface area contributed by atoms with E-state index in [1.165, 1.54) is 12.1 Å². The van der Waals surface area contributed by atoms with Gasteiger partial charge in [0.15, 0.2) is 0 Å². The van der Waals surface area contributed by atoms with Crippen LogP contribution in [-0.2, 0) is 0 Å².